The Balaban J connectivity index is 1.96. The van der Waals surface area contributed by atoms with E-state index in [1.165, 1.54) is 10.8 Å². The summed E-state index contributed by atoms with van der Waals surface area (Å²) in [6.07, 6.45) is 1.97. The van der Waals surface area contributed by atoms with Gasteiger partial charge in [-0.2, -0.15) is 5.10 Å². The van der Waals surface area contributed by atoms with Crippen molar-refractivity contribution < 1.29 is 4.79 Å². The number of aromatic nitrogens is 4. The van der Waals surface area contributed by atoms with Gasteiger partial charge in [0.25, 0.3) is 5.56 Å². The van der Waals surface area contributed by atoms with Crippen molar-refractivity contribution in [2.75, 3.05) is 0 Å². The number of carbonyl (C=O) groups excluding carboxylic acids is 1. The number of amides is 1. The number of carbonyl (C=O) groups is 1. The molecular weight excluding hydrogens is 286 g/mol. The van der Waals surface area contributed by atoms with Gasteiger partial charge in [0.1, 0.15) is 6.54 Å². The van der Waals surface area contributed by atoms with Crippen molar-refractivity contribution in [3.63, 3.8) is 0 Å². The number of hydrogen-bond donors (Lipinski definition) is 3. The fourth-order valence-corrected chi connectivity index (χ4v) is 2.15. The van der Waals surface area contributed by atoms with Gasteiger partial charge in [0.05, 0.1) is 5.69 Å². The summed E-state index contributed by atoms with van der Waals surface area (Å²) in [5, 5.41) is 9.76. The Bertz CT molecular complexity index is 786. The van der Waals surface area contributed by atoms with Crippen LogP contribution in [0.1, 0.15) is 23.9 Å². The first kappa shape index (κ1) is 15.7. The van der Waals surface area contributed by atoms with Gasteiger partial charge in [-0.1, -0.05) is 0 Å². The summed E-state index contributed by atoms with van der Waals surface area (Å²) >= 11 is 0. The average Bonchev–Trinajstić information content (AvgIpc) is 2.81. The van der Waals surface area contributed by atoms with Gasteiger partial charge in [-0.15, -0.1) is 0 Å². The Morgan fingerprint density at radius 3 is 2.77 bits per heavy atom. The minimum Gasteiger partial charge on any atom is -0.352 e. The molecule has 118 valence electrons. The minimum atomic E-state index is -0.596. The van der Waals surface area contributed by atoms with Crippen molar-refractivity contribution in [2.24, 2.45) is 0 Å². The van der Waals surface area contributed by atoms with E-state index >= 15 is 0 Å². The molecule has 2 rings (SSSR count). The van der Waals surface area contributed by atoms with Crippen molar-refractivity contribution in [2.45, 2.75) is 39.8 Å². The van der Waals surface area contributed by atoms with Crippen LogP contribution in [0, 0.1) is 13.8 Å². The topological polar surface area (TPSA) is 113 Å². The van der Waals surface area contributed by atoms with Crippen molar-refractivity contribution in [1.29, 1.82) is 0 Å². The average molecular weight is 305 g/mol. The molecule has 1 amide bonds. The van der Waals surface area contributed by atoms with E-state index in [1.807, 2.05) is 19.9 Å². The highest BCUT2D eigenvalue weighted by Gasteiger charge is 2.11. The summed E-state index contributed by atoms with van der Waals surface area (Å²) in [5.74, 6) is -0.298. The van der Waals surface area contributed by atoms with E-state index in [0.717, 1.165) is 11.4 Å². The van der Waals surface area contributed by atoms with Gasteiger partial charge in [-0.05, 0) is 26.8 Å². The molecule has 0 aliphatic carbocycles. The van der Waals surface area contributed by atoms with E-state index in [-0.39, 0.29) is 18.5 Å². The van der Waals surface area contributed by atoms with E-state index in [2.05, 4.69) is 20.5 Å². The maximum absolute atomic E-state index is 12.0. The molecule has 2 heterocycles. The number of aromatic amines is 2. The zero-order valence-electron chi connectivity index (χ0n) is 12.8. The highest BCUT2D eigenvalue weighted by molar-refractivity contribution is 5.76. The van der Waals surface area contributed by atoms with Gasteiger partial charge < -0.3 is 5.32 Å². The van der Waals surface area contributed by atoms with Crippen LogP contribution in [0.2, 0.25) is 0 Å². The molecule has 0 aliphatic rings. The van der Waals surface area contributed by atoms with Gasteiger partial charge >= 0.3 is 5.69 Å². The summed E-state index contributed by atoms with van der Waals surface area (Å²) in [6.45, 7) is 5.21. The van der Waals surface area contributed by atoms with E-state index in [9.17, 15) is 14.4 Å². The largest absolute Gasteiger partial charge is 0.352 e. The molecule has 0 fully saturated rings. The normalized spacial score (nSPS) is 12.1. The van der Waals surface area contributed by atoms with Crippen LogP contribution in [-0.2, 0) is 17.8 Å². The first-order valence-electron chi connectivity index (χ1n) is 6.96. The third kappa shape index (κ3) is 3.94. The number of nitrogens with zero attached hydrogens (tertiary/aromatic N) is 2. The molecule has 1 atom stereocenters. The van der Waals surface area contributed by atoms with Gasteiger partial charge in [-0.3, -0.25) is 24.2 Å². The van der Waals surface area contributed by atoms with E-state index in [1.54, 1.807) is 6.92 Å². The standard InChI is InChI=1S/C14H19N5O3/c1-8-6-19(14(22)16-13(8)21)7-12(20)15-9(2)4-11-5-10(3)17-18-11/h5-6,9H,4,7H2,1-3H3,(H,15,20)(H,17,18)(H,16,21,22). The molecular formula is C14H19N5O3. The molecule has 0 saturated heterocycles. The van der Waals surface area contributed by atoms with E-state index < -0.39 is 11.2 Å². The maximum Gasteiger partial charge on any atom is 0.328 e. The Morgan fingerprint density at radius 1 is 1.41 bits per heavy atom. The van der Waals surface area contributed by atoms with Crippen LogP contribution < -0.4 is 16.6 Å². The first-order chi connectivity index (χ1) is 10.3. The van der Waals surface area contributed by atoms with Gasteiger partial charge in [0.15, 0.2) is 0 Å². The number of nitrogens with one attached hydrogen (secondary N) is 3. The lowest BCUT2D eigenvalue weighted by Crippen LogP contribution is -2.40. The number of rotatable bonds is 5. The highest BCUT2D eigenvalue weighted by atomic mass is 16.2. The Labute approximate surface area is 126 Å². The summed E-state index contributed by atoms with van der Waals surface area (Å²) in [7, 11) is 0. The zero-order valence-corrected chi connectivity index (χ0v) is 12.8. The Morgan fingerprint density at radius 2 is 2.14 bits per heavy atom. The lowest BCUT2D eigenvalue weighted by Gasteiger charge is -2.13. The van der Waals surface area contributed by atoms with Crippen LogP contribution in [0.15, 0.2) is 21.9 Å². The fraction of sp³-hybridized carbons (Fsp3) is 0.429. The van der Waals surface area contributed by atoms with Crippen LogP contribution in [0.4, 0.5) is 0 Å². The molecule has 0 aromatic carbocycles. The van der Waals surface area contributed by atoms with Gasteiger partial charge in [0, 0.05) is 29.9 Å². The van der Waals surface area contributed by atoms with Gasteiger partial charge in [-0.25, -0.2) is 4.79 Å². The second-order valence-corrected chi connectivity index (χ2v) is 5.41. The predicted molar refractivity (Wildman–Crippen MR) is 80.7 cm³/mol. The molecule has 1 unspecified atom stereocenters. The molecule has 0 aliphatic heterocycles. The number of hydrogen-bond acceptors (Lipinski definition) is 4. The maximum atomic E-state index is 12.0. The minimum absolute atomic E-state index is 0.116. The van der Waals surface area contributed by atoms with Gasteiger partial charge in [0.2, 0.25) is 5.91 Å². The quantitative estimate of drug-likeness (QED) is 0.699. The summed E-state index contributed by atoms with van der Waals surface area (Å²) in [5.41, 5.74) is 1.17. The SMILES string of the molecule is Cc1cc(CC(C)NC(=O)Cn2cc(C)c(=O)[nH]c2=O)n[nH]1. The smallest absolute Gasteiger partial charge is 0.328 e. The lowest BCUT2D eigenvalue weighted by atomic mass is 10.2. The van der Waals surface area contributed by atoms with Crippen LogP contribution in [-0.4, -0.2) is 31.7 Å². The number of aryl methyl sites for hydroxylation is 2. The monoisotopic (exact) mass is 305 g/mol. The summed E-state index contributed by atoms with van der Waals surface area (Å²) in [4.78, 5) is 37.0. The molecule has 0 spiro atoms. The summed E-state index contributed by atoms with van der Waals surface area (Å²) < 4.78 is 1.18. The summed E-state index contributed by atoms with van der Waals surface area (Å²) in [6, 6.07) is 1.80. The fourth-order valence-electron chi connectivity index (χ4n) is 2.15. The molecule has 2 aromatic rings. The van der Waals surface area contributed by atoms with Crippen LogP contribution in [0.3, 0.4) is 0 Å². The molecule has 0 saturated carbocycles. The molecule has 22 heavy (non-hydrogen) atoms. The molecule has 0 bridgehead atoms. The van der Waals surface area contributed by atoms with Crippen LogP contribution in [0.25, 0.3) is 0 Å². The number of H-pyrrole nitrogens is 2. The lowest BCUT2D eigenvalue weighted by molar-refractivity contribution is -0.122. The van der Waals surface area contributed by atoms with E-state index in [4.69, 9.17) is 0 Å². The van der Waals surface area contributed by atoms with Crippen LogP contribution >= 0.6 is 0 Å². The molecule has 0 radical (unpaired) electrons. The molecule has 3 N–H and O–H groups in total. The predicted octanol–water partition coefficient (Wildman–Crippen LogP) is -0.376. The Kier molecular flexibility index (Phi) is 4.59. The van der Waals surface area contributed by atoms with Crippen molar-refractivity contribution in [3.05, 3.63) is 50.1 Å². The third-order valence-corrected chi connectivity index (χ3v) is 3.18. The Hall–Kier alpha value is -2.64. The van der Waals surface area contributed by atoms with Crippen molar-refractivity contribution in [3.8, 4) is 0 Å². The third-order valence-electron chi connectivity index (χ3n) is 3.18. The molecule has 2 aromatic heterocycles. The second-order valence-electron chi connectivity index (χ2n) is 5.41. The zero-order chi connectivity index (χ0) is 16.3. The molecule has 8 heteroatoms. The molecule has 8 nitrogen and oxygen atoms in total. The van der Waals surface area contributed by atoms with E-state index in [0.29, 0.717) is 12.0 Å². The highest BCUT2D eigenvalue weighted by Crippen LogP contribution is 2.01. The van der Waals surface area contributed by atoms with Crippen molar-refractivity contribution >= 4 is 5.91 Å². The van der Waals surface area contributed by atoms with Crippen LogP contribution in [0.5, 0.6) is 0 Å². The second kappa shape index (κ2) is 6.42. The first-order valence-corrected chi connectivity index (χ1v) is 6.96. The van der Waals surface area contributed by atoms with Crippen molar-refractivity contribution in [1.82, 2.24) is 25.1 Å².